The monoisotopic (exact) mass is 222 g/mol. The molecule has 1 aliphatic carbocycles. The molecule has 1 rings (SSSR count). The van der Waals surface area contributed by atoms with E-state index in [2.05, 4.69) is 0 Å². The van der Waals surface area contributed by atoms with Crippen LogP contribution in [0.2, 0.25) is 0 Å². The summed E-state index contributed by atoms with van der Waals surface area (Å²) in [5.74, 6) is 0. The van der Waals surface area contributed by atoms with Crippen LogP contribution < -0.4 is 0 Å². The summed E-state index contributed by atoms with van der Waals surface area (Å²) in [5.41, 5.74) is 0. The van der Waals surface area contributed by atoms with Crippen LogP contribution in [0.5, 0.6) is 0 Å². The Bertz CT molecular complexity index is 429. The predicted octanol–water partition coefficient (Wildman–Crippen LogP) is 0.204. The molecule has 0 saturated heterocycles. The molecule has 0 unspecified atom stereocenters. The van der Waals surface area contributed by atoms with E-state index in [9.17, 15) is 16.8 Å². The fourth-order valence-corrected chi connectivity index (χ4v) is 2.35. The standard InChI is InChI=1S/C7H10O4S2/c1-13(10,11)7-4-2-6(3-5-7)12(8)9/h2,4,12H,3,5H2,1H3. The molecule has 0 spiro atoms. The molecule has 0 atom stereocenters. The van der Waals surface area contributed by atoms with Gasteiger partial charge in [0.1, 0.15) is 0 Å². The van der Waals surface area contributed by atoms with Crippen LogP contribution in [0.15, 0.2) is 22.0 Å². The molecule has 0 aliphatic heterocycles. The molecule has 4 nitrogen and oxygen atoms in total. The quantitative estimate of drug-likeness (QED) is 0.678. The number of hydrogen-bond donors (Lipinski definition) is 1. The van der Waals surface area contributed by atoms with Gasteiger partial charge in [-0.3, -0.25) is 0 Å². The Labute approximate surface area is 78.8 Å². The van der Waals surface area contributed by atoms with Gasteiger partial charge in [-0.25, -0.2) is 16.8 Å². The van der Waals surface area contributed by atoms with Crippen LogP contribution in [0.4, 0.5) is 0 Å². The second kappa shape index (κ2) is 3.63. The summed E-state index contributed by atoms with van der Waals surface area (Å²) in [6.07, 6.45) is 4.41. The predicted molar refractivity (Wildman–Crippen MR) is 50.6 cm³/mol. The minimum atomic E-state index is -3.16. The summed E-state index contributed by atoms with van der Waals surface area (Å²) in [7, 11) is -5.71. The lowest BCUT2D eigenvalue weighted by atomic mass is 10.2. The van der Waals surface area contributed by atoms with E-state index in [-0.39, 0.29) is 12.8 Å². The van der Waals surface area contributed by atoms with E-state index < -0.39 is 20.5 Å². The summed E-state index contributed by atoms with van der Waals surface area (Å²) < 4.78 is 43.0. The lowest BCUT2D eigenvalue weighted by molar-refractivity contribution is 0.603. The molecule has 0 amide bonds. The molecule has 13 heavy (non-hydrogen) atoms. The van der Waals surface area contributed by atoms with Crippen molar-refractivity contribution in [3.63, 3.8) is 0 Å². The molecule has 0 saturated carbocycles. The van der Waals surface area contributed by atoms with Crippen LogP contribution in [-0.2, 0) is 20.5 Å². The molecular formula is C7H10O4S2. The smallest absolute Gasteiger partial charge is 0.171 e. The fraction of sp³-hybridized carbons (Fsp3) is 0.429. The van der Waals surface area contributed by atoms with E-state index in [0.29, 0.717) is 9.81 Å². The molecule has 0 N–H and O–H groups in total. The second-order valence-electron chi connectivity index (χ2n) is 2.82. The van der Waals surface area contributed by atoms with Gasteiger partial charge in [0, 0.05) is 16.1 Å². The Kier molecular flexibility index (Phi) is 2.92. The van der Waals surface area contributed by atoms with E-state index in [1.807, 2.05) is 0 Å². The molecule has 6 heteroatoms. The summed E-state index contributed by atoms with van der Waals surface area (Å²) in [6.45, 7) is 0. The van der Waals surface area contributed by atoms with Gasteiger partial charge in [0.2, 0.25) is 0 Å². The Morgan fingerprint density at radius 1 is 1.23 bits per heavy atom. The van der Waals surface area contributed by atoms with Gasteiger partial charge in [-0.05, 0) is 25.0 Å². The van der Waals surface area contributed by atoms with E-state index in [0.717, 1.165) is 6.26 Å². The first kappa shape index (κ1) is 10.5. The highest BCUT2D eigenvalue weighted by atomic mass is 32.2. The van der Waals surface area contributed by atoms with Gasteiger partial charge >= 0.3 is 0 Å². The number of hydrogen-bond acceptors (Lipinski definition) is 4. The van der Waals surface area contributed by atoms with Crippen molar-refractivity contribution in [2.24, 2.45) is 0 Å². The topological polar surface area (TPSA) is 68.3 Å². The zero-order chi connectivity index (χ0) is 10.1. The van der Waals surface area contributed by atoms with Crippen molar-refractivity contribution in [2.45, 2.75) is 12.8 Å². The van der Waals surface area contributed by atoms with Crippen molar-refractivity contribution in [2.75, 3.05) is 6.26 Å². The largest absolute Gasteiger partial charge is 0.227 e. The summed E-state index contributed by atoms with van der Waals surface area (Å²) in [6, 6.07) is 0. The first-order valence-electron chi connectivity index (χ1n) is 3.65. The Morgan fingerprint density at radius 3 is 2.15 bits per heavy atom. The number of allylic oxidation sites excluding steroid dienone is 4. The minimum absolute atomic E-state index is 0.286. The molecule has 74 valence electrons. The molecule has 0 heterocycles. The zero-order valence-electron chi connectivity index (χ0n) is 7.06. The van der Waals surface area contributed by atoms with E-state index >= 15 is 0 Å². The average Bonchev–Trinajstić information content (AvgIpc) is 2.03. The van der Waals surface area contributed by atoms with Crippen molar-refractivity contribution in [3.05, 3.63) is 22.0 Å². The molecule has 0 aromatic heterocycles. The number of thiol groups is 1. The maximum atomic E-state index is 11.0. The van der Waals surface area contributed by atoms with E-state index in [4.69, 9.17) is 0 Å². The van der Waals surface area contributed by atoms with Crippen LogP contribution in [-0.4, -0.2) is 23.1 Å². The molecule has 0 fully saturated rings. The Hall–Kier alpha value is -0.620. The van der Waals surface area contributed by atoms with Crippen LogP contribution in [0.3, 0.4) is 0 Å². The van der Waals surface area contributed by atoms with Gasteiger partial charge < -0.3 is 0 Å². The minimum Gasteiger partial charge on any atom is -0.227 e. The second-order valence-corrected chi connectivity index (χ2v) is 5.98. The third-order valence-electron chi connectivity index (χ3n) is 1.80. The van der Waals surface area contributed by atoms with Gasteiger partial charge in [-0.2, -0.15) is 0 Å². The van der Waals surface area contributed by atoms with Crippen molar-refractivity contribution in [1.29, 1.82) is 0 Å². The normalized spacial score (nSPS) is 18.3. The van der Waals surface area contributed by atoms with Crippen LogP contribution in [0, 0.1) is 0 Å². The van der Waals surface area contributed by atoms with Crippen molar-refractivity contribution in [3.8, 4) is 0 Å². The van der Waals surface area contributed by atoms with Gasteiger partial charge in [0.05, 0.1) is 0 Å². The van der Waals surface area contributed by atoms with Crippen LogP contribution in [0.1, 0.15) is 12.8 Å². The molecule has 0 bridgehead atoms. The van der Waals surface area contributed by atoms with Crippen molar-refractivity contribution >= 4 is 20.5 Å². The highest BCUT2D eigenvalue weighted by molar-refractivity contribution is 7.94. The Morgan fingerprint density at radius 2 is 1.85 bits per heavy atom. The SMILES string of the molecule is CS(=O)(=O)C1=CC=C([SH](=O)=O)CC1. The molecular weight excluding hydrogens is 212 g/mol. The number of rotatable bonds is 2. The molecule has 0 aromatic rings. The summed E-state index contributed by atoms with van der Waals surface area (Å²) in [5, 5.41) is 0. The van der Waals surface area contributed by atoms with Crippen molar-refractivity contribution < 1.29 is 16.8 Å². The summed E-state index contributed by atoms with van der Waals surface area (Å²) >= 11 is 0. The highest BCUT2D eigenvalue weighted by Crippen LogP contribution is 2.21. The van der Waals surface area contributed by atoms with Gasteiger partial charge in [-0.15, -0.1) is 0 Å². The first-order valence-corrected chi connectivity index (χ1v) is 6.72. The third-order valence-corrected chi connectivity index (χ3v) is 3.93. The van der Waals surface area contributed by atoms with E-state index in [1.54, 1.807) is 0 Å². The van der Waals surface area contributed by atoms with Crippen LogP contribution >= 0.6 is 0 Å². The lowest BCUT2D eigenvalue weighted by Gasteiger charge is -2.08. The fourth-order valence-electron chi connectivity index (χ4n) is 1.07. The summed E-state index contributed by atoms with van der Waals surface area (Å²) in [4.78, 5) is 0.593. The maximum Gasteiger partial charge on any atom is 0.171 e. The lowest BCUT2D eigenvalue weighted by Crippen LogP contribution is -2.04. The zero-order valence-corrected chi connectivity index (χ0v) is 8.77. The Balaban J connectivity index is 3.02. The van der Waals surface area contributed by atoms with Gasteiger partial charge in [0.25, 0.3) is 0 Å². The average molecular weight is 222 g/mol. The van der Waals surface area contributed by atoms with Crippen LogP contribution in [0.25, 0.3) is 0 Å². The van der Waals surface area contributed by atoms with Gasteiger partial charge in [0.15, 0.2) is 20.5 Å². The maximum absolute atomic E-state index is 11.0. The third kappa shape index (κ3) is 2.67. The first-order chi connectivity index (χ1) is 5.91. The number of sulfone groups is 1. The molecule has 0 radical (unpaired) electrons. The molecule has 0 aromatic carbocycles. The van der Waals surface area contributed by atoms with Crippen molar-refractivity contribution in [1.82, 2.24) is 0 Å². The van der Waals surface area contributed by atoms with E-state index in [1.165, 1.54) is 12.2 Å². The highest BCUT2D eigenvalue weighted by Gasteiger charge is 2.15. The van der Waals surface area contributed by atoms with Gasteiger partial charge in [-0.1, -0.05) is 0 Å². The molecule has 1 aliphatic rings.